The van der Waals surface area contributed by atoms with Crippen LogP contribution in [0.5, 0.6) is 0 Å². The molecule has 0 unspecified atom stereocenters. The van der Waals surface area contributed by atoms with E-state index in [2.05, 4.69) is 15.9 Å². The van der Waals surface area contributed by atoms with Crippen molar-refractivity contribution < 1.29 is 4.79 Å². The number of fused-ring (bicyclic) bond motifs is 1. The molecule has 0 saturated carbocycles. The minimum Gasteiger partial charge on any atom is -0.397 e. The van der Waals surface area contributed by atoms with Gasteiger partial charge in [0.25, 0.3) is 5.91 Å². The number of benzene rings is 1. The molecule has 1 amide bonds. The van der Waals surface area contributed by atoms with Gasteiger partial charge in [-0.1, -0.05) is 15.9 Å². The number of halogens is 1. The Labute approximate surface area is 119 Å². The van der Waals surface area contributed by atoms with Crippen LogP contribution in [-0.2, 0) is 0 Å². The number of nitrogen functional groups attached to an aromatic ring is 1. The van der Waals surface area contributed by atoms with Crippen LogP contribution < -0.4 is 5.73 Å². The van der Waals surface area contributed by atoms with E-state index >= 15 is 0 Å². The highest BCUT2D eigenvalue weighted by molar-refractivity contribution is 9.10. The third-order valence-corrected chi connectivity index (χ3v) is 4.65. The topological polar surface area (TPSA) is 46.3 Å². The maximum atomic E-state index is 12.3. The van der Waals surface area contributed by atoms with Gasteiger partial charge in [-0.25, -0.2) is 0 Å². The summed E-state index contributed by atoms with van der Waals surface area (Å²) in [6.07, 6.45) is 0. The Balaban J connectivity index is 2.52. The zero-order chi connectivity index (χ0) is 13.4. The van der Waals surface area contributed by atoms with E-state index in [9.17, 15) is 4.79 Å². The summed E-state index contributed by atoms with van der Waals surface area (Å²) in [7, 11) is 1.80. The van der Waals surface area contributed by atoms with Crippen LogP contribution >= 0.6 is 27.3 Å². The molecule has 1 aromatic heterocycles. The first kappa shape index (κ1) is 13.4. The van der Waals surface area contributed by atoms with Crippen molar-refractivity contribution in [3.05, 3.63) is 27.5 Å². The van der Waals surface area contributed by atoms with E-state index in [1.807, 2.05) is 32.0 Å². The Hall–Kier alpha value is -1.07. The molecule has 0 bridgehead atoms. The molecule has 0 fully saturated rings. The number of rotatable bonds is 2. The van der Waals surface area contributed by atoms with Gasteiger partial charge in [-0.3, -0.25) is 4.79 Å². The second-order valence-electron chi connectivity index (χ2n) is 4.50. The van der Waals surface area contributed by atoms with Gasteiger partial charge in [-0.15, -0.1) is 11.3 Å². The Morgan fingerprint density at radius 2 is 2.11 bits per heavy atom. The van der Waals surface area contributed by atoms with Gasteiger partial charge in [0.05, 0.1) is 5.69 Å². The number of thiophene rings is 1. The zero-order valence-corrected chi connectivity index (χ0v) is 12.9. The van der Waals surface area contributed by atoms with Crippen molar-refractivity contribution in [1.29, 1.82) is 0 Å². The normalized spacial score (nSPS) is 11.2. The average molecular weight is 327 g/mol. The molecule has 2 N–H and O–H groups in total. The number of anilines is 1. The number of hydrogen-bond acceptors (Lipinski definition) is 3. The van der Waals surface area contributed by atoms with Gasteiger partial charge in [0, 0.05) is 27.6 Å². The number of hydrogen-bond donors (Lipinski definition) is 1. The van der Waals surface area contributed by atoms with Crippen molar-refractivity contribution in [2.24, 2.45) is 0 Å². The summed E-state index contributed by atoms with van der Waals surface area (Å²) in [5, 5.41) is 0.940. The van der Waals surface area contributed by atoms with Gasteiger partial charge in [0.2, 0.25) is 0 Å². The number of nitrogens with two attached hydrogens (primary N) is 1. The minimum atomic E-state index is -0.0141. The summed E-state index contributed by atoms with van der Waals surface area (Å²) >= 11 is 4.87. The van der Waals surface area contributed by atoms with Crippen molar-refractivity contribution >= 4 is 48.9 Å². The Morgan fingerprint density at radius 3 is 2.72 bits per heavy atom. The summed E-state index contributed by atoms with van der Waals surface area (Å²) in [4.78, 5) is 14.6. The molecule has 1 heterocycles. The average Bonchev–Trinajstić information content (AvgIpc) is 2.65. The molecule has 1 aromatic carbocycles. The van der Waals surface area contributed by atoms with Gasteiger partial charge >= 0.3 is 0 Å². The lowest BCUT2D eigenvalue weighted by atomic mass is 10.2. The first-order valence-corrected chi connectivity index (χ1v) is 7.27. The maximum Gasteiger partial charge on any atom is 0.266 e. The SMILES string of the molecule is CC(C)N(C)C(=O)c1sc2ccc(Br)cc2c1N. The first-order chi connectivity index (χ1) is 8.41. The quantitative estimate of drug-likeness (QED) is 0.914. The summed E-state index contributed by atoms with van der Waals surface area (Å²) in [6, 6.07) is 6.05. The lowest BCUT2D eigenvalue weighted by molar-refractivity contribution is 0.0761. The van der Waals surface area contributed by atoms with Crippen molar-refractivity contribution in [3.63, 3.8) is 0 Å². The van der Waals surface area contributed by atoms with Crippen LogP contribution in [0, 0.1) is 0 Å². The molecule has 18 heavy (non-hydrogen) atoms. The largest absolute Gasteiger partial charge is 0.397 e. The van der Waals surface area contributed by atoms with Gasteiger partial charge in [0.1, 0.15) is 4.88 Å². The number of nitrogens with zero attached hydrogens (tertiary/aromatic N) is 1. The highest BCUT2D eigenvalue weighted by atomic mass is 79.9. The maximum absolute atomic E-state index is 12.3. The third kappa shape index (κ3) is 2.24. The molecule has 2 aromatic rings. The second-order valence-corrected chi connectivity index (χ2v) is 6.46. The molecule has 0 aliphatic rings. The van der Waals surface area contributed by atoms with Crippen molar-refractivity contribution in [3.8, 4) is 0 Å². The van der Waals surface area contributed by atoms with Crippen LogP contribution in [-0.4, -0.2) is 23.9 Å². The predicted molar refractivity (Wildman–Crippen MR) is 81.2 cm³/mol. The fourth-order valence-electron chi connectivity index (χ4n) is 1.64. The van der Waals surface area contributed by atoms with E-state index in [0.717, 1.165) is 14.6 Å². The van der Waals surface area contributed by atoms with Crippen LogP contribution in [0.2, 0.25) is 0 Å². The fourth-order valence-corrected chi connectivity index (χ4v) is 3.09. The third-order valence-electron chi connectivity index (χ3n) is 2.98. The molecule has 2 rings (SSSR count). The zero-order valence-electron chi connectivity index (χ0n) is 10.5. The lowest BCUT2D eigenvalue weighted by Gasteiger charge is -2.20. The highest BCUT2D eigenvalue weighted by Crippen LogP contribution is 2.36. The van der Waals surface area contributed by atoms with Crippen LogP contribution in [0.4, 0.5) is 5.69 Å². The first-order valence-electron chi connectivity index (χ1n) is 5.66. The molecule has 96 valence electrons. The minimum absolute atomic E-state index is 0.0141. The van der Waals surface area contributed by atoms with E-state index in [1.54, 1.807) is 11.9 Å². The smallest absolute Gasteiger partial charge is 0.266 e. The van der Waals surface area contributed by atoms with E-state index in [-0.39, 0.29) is 11.9 Å². The Morgan fingerprint density at radius 1 is 1.44 bits per heavy atom. The second kappa shape index (κ2) is 4.90. The number of amides is 1. The molecule has 5 heteroatoms. The molecular formula is C13H15BrN2OS. The molecule has 0 aliphatic carbocycles. The summed E-state index contributed by atoms with van der Waals surface area (Å²) in [5.74, 6) is -0.0141. The lowest BCUT2D eigenvalue weighted by Crippen LogP contribution is -2.32. The highest BCUT2D eigenvalue weighted by Gasteiger charge is 2.21. The van der Waals surface area contributed by atoms with Gasteiger partial charge < -0.3 is 10.6 Å². The van der Waals surface area contributed by atoms with Crippen molar-refractivity contribution in [1.82, 2.24) is 4.90 Å². The molecule has 0 aliphatic heterocycles. The van der Waals surface area contributed by atoms with E-state index in [0.29, 0.717) is 10.6 Å². The van der Waals surface area contributed by atoms with Crippen molar-refractivity contribution in [2.45, 2.75) is 19.9 Å². The summed E-state index contributed by atoms with van der Waals surface area (Å²) in [6.45, 7) is 3.97. The monoisotopic (exact) mass is 326 g/mol. The molecule has 3 nitrogen and oxygen atoms in total. The Bertz CT molecular complexity index is 606. The molecule has 0 spiro atoms. The molecule has 0 saturated heterocycles. The van der Waals surface area contributed by atoms with Crippen LogP contribution in [0.15, 0.2) is 22.7 Å². The van der Waals surface area contributed by atoms with E-state index in [4.69, 9.17) is 5.73 Å². The standard InChI is InChI=1S/C13H15BrN2OS/c1-7(2)16(3)13(17)12-11(15)9-6-8(14)4-5-10(9)18-12/h4-7H,15H2,1-3H3. The van der Waals surface area contributed by atoms with Gasteiger partial charge in [-0.05, 0) is 32.0 Å². The van der Waals surface area contributed by atoms with Crippen LogP contribution in [0.1, 0.15) is 23.5 Å². The van der Waals surface area contributed by atoms with Crippen molar-refractivity contribution in [2.75, 3.05) is 12.8 Å². The predicted octanol–water partition coefficient (Wildman–Crippen LogP) is 3.73. The van der Waals surface area contributed by atoms with Gasteiger partial charge in [-0.2, -0.15) is 0 Å². The molecule has 0 atom stereocenters. The summed E-state index contributed by atoms with van der Waals surface area (Å²) in [5.41, 5.74) is 6.67. The fraction of sp³-hybridized carbons (Fsp3) is 0.308. The molecular weight excluding hydrogens is 312 g/mol. The summed E-state index contributed by atoms with van der Waals surface area (Å²) < 4.78 is 2.01. The van der Waals surface area contributed by atoms with Gasteiger partial charge in [0.15, 0.2) is 0 Å². The Kier molecular flexibility index (Phi) is 3.64. The number of carbonyl (C=O) groups is 1. The van der Waals surface area contributed by atoms with Crippen LogP contribution in [0.3, 0.4) is 0 Å². The van der Waals surface area contributed by atoms with E-state index < -0.39 is 0 Å². The molecule has 0 radical (unpaired) electrons. The number of carbonyl (C=O) groups excluding carboxylic acids is 1. The van der Waals surface area contributed by atoms with E-state index in [1.165, 1.54) is 11.3 Å². The van der Waals surface area contributed by atoms with Crippen LogP contribution in [0.25, 0.3) is 10.1 Å².